The van der Waals surface area contributed by atoms with E-state index in [9.17, 15) is 9.59 Å². The number of thioether (sulfide) groups is 1. The van der Waals surface area contributed by atoms with Gasteiger partial charge < -0.3 is 16.1 Å². The van der Waals surface area contributed by atoms with Crippen LogP contribution in [-0.4, -0.2) is 50.4 Å². The highest BCUT2D eigenvalue weighted by atomic mass is 35.5. The van der Waals surface area contributed by atoms with E-state index in [1.165, 1.54) is 15.9 Å². The first-order valence-electron chi connectivity index (χ1n) is 7.52. The number of nitrogens with zero attached hydrogens (tertiary/aromatic N) is 4. The van der Waals surface area contributed by atoms with Crippen LogP contribution in [0.15, 0.2) is 29.7 Å². The number of hydrogen-bond acceptors (Lipinski definition) is 6. The van der Waals surface area contributed by atoms with E-state index in [-0.39, 0.29) is 24.1 Å². The zero-order chi connectivity index (χ0) is 18.4. The van der Waals surface area contributed by atoms with Crippen LogP contribution in [0.1, 0.15) is 12.5 Å². The summed E-state index contributed by atoms with van der Waals surface area (Å²) in [6.07, 6.45) is 1.35. The van der Waals surface area contributed by atoms with Crippen molar-refractivity contribution in [3.05, 3.63) is 35.1 Å². The number of nitrogens with two attached hydrogens (primary N) is 1. The van der Waals surface area contributed by atoms with Gasteiger partial charge in [-0.2, -0.15) is 0 Å². The molecule has 0 saturated carbocycles. The van der Waals surface area contributed by atoms with Crippen molar-refractivity contribution in [1.29, 1.82) is 0 Å². The lowest BCUT2D eigenvalue weighted by atomic mass is 10.2. The SMILES string of the molecule is CCN(CC(=O)Nc1cc(Cl)ccc1C)C(=O)CSc1nncn1N. The molecule has 2 rings (SSSR count). The molecule has 0 atom stereocenters. The quantitative estimate of drug-likeness (QED) is 0.555. The predicted octanol–water partition coefficient (Wildman–Crippen LogP) is 1.53. The molecular formula is C15H19ClN6O2S. The highest BCUT2D eigenvalue weighted by Crippen LogP contribution is 2.20. The maximum absolute atomic E-state index is 12.3. The number of nitrogen functional groups attached to an aromatic ring is 1. The molecule has 0 aliphatic rings. The molecule has 0 aliphatic carbocycles. The Hall–Kier alpha value is -2.26. The van der Waals surface area contributed by atoms with Crippen molar-refractivity contribution in [2.45, 2.75) is 19.0 Å². The highest BCUT2D eigenvalue weighted by molar-refractivity contribution is 7.99. The molecule has 0 fully saturated rings. The second kappa shape index (κ2) is 8.72. The number of halogens is 1. The summed E-state index contributed by atoms with van der Waals surface area (Å²) in [5.41, 5.74) is 1.52. The maximum Gasteiger partial charge on any atom is 0.244 e. The number of anilines is 1. The standard InChI is InChI=1S/C15H19ClN6O2S/c1-3-21(14(24)8-25-15-20-18-9-22(15)17)7-13(23)19-12-6-11(16)5-4-10(12)2/h4-6,9H,3,7-8,17H2,1-2H3,(H,19,23). The van der Waals surface area contributed by atoms with Gasteiger partial charge in [0, 0.05) is 17.3 Å². The topological polar surface area (TPSA) is 106 Å². The average molecular weight is 383 g/mol. The molecule has 0 saturated heterocycles. The van der Waals surface area contributed by atoms with Gasteiger partial charge in [-0.3, -0.25) is 9.59 Å². The van der Waals surface area contributed by atoms with Crippen LogP contribution in [0.25, 0.3) is 0 Å². The molecule has 2 amide bonds. The minimum absolute atomic E-state index is 0.0445. The van der Waals surface area contributed by atoms with Crippen LogP contribution in [0.5, 0.6) is 0 Å². The summed E-state index contributed by atoms with van der Waals surface area (Å²) in [7, 11) is 0. The van der Waals surface area contributed by atoms with Gasteiger partial charge in [0.15, 0.2) is 0 Å². The van der Waals surface area contributed by atoms with E-state index in [2.05, 4.69) is 15.5 Å². The van der Waals surface area contributed by atoms with Gasteiger partial charge in [0.25, 0.3) is 0 Å². The Morgan fingerprint density at radius 2 is 2.20 bits per heavy atom. The molecule has 0 unspecified atom stereocenters. The number of amides is 2. The van der Waals surface area contributed by atoms with Crippen molar-refractivity contribution in [2.24, 2.45) is 0 Å². The first-order chi connectivity index (χ1) is 11.9. The van der Waals surface area contributed by atoms with Gasteiger partial charge in [0.05, 0.1) is 12.3 Å². The smallest absolute Gasteiger partial charge is 0.244 e. The van der Waals surface area contributed by atoms with Crippen molar-refractivity contribution in [3.8, 4) is 0 Å². The van der Waals surface area contributed by atoms with Crippen LogP contribution in [0, 0.1) is 6.92 Å². The lowest BCUT2D eigenvalue weighted by Crippen LogP contribution is -2.39. The van der Waals surface area contributed by atoms with Crippen molar-refractivity contribution in [3.63, 3.8) is 0 Å². The van der Waals surface area contributed by atoms with Gasteiger partial charge in [-0.1, -0.05) is 29.4 Å². The molecule has 0 aliphatic heterocycles. The fraction of sp³-hybridized carbons (Fsp3) is 0.333. The van der Waals surface area contributed by atoms with Crippen LogP contribution in [0.3, 0.4) is 0 Å². The Morgan fingerprint density at radius 3 is 2.84 bits per heavy atom. The van der Waals surface area contributed by atoms with Crippen LogP contribution in [0.4, 0.5) is 5.69 Å². The first-order valence-corrected chi connectivity index (χ1v) is 8.88. The number of benzene rings is 1. The van der Waals surface area contributed by atoms with Crippen LogP contribution < -0.4 is 11.2 Å². The molecule has 0 spiro atoms. The maximum atomic E-state index is 12.3. The molecule has 25 heavy (non-hydrogen) atoms. The average Bonchev–Trinajstić information content (AvgIpc) is 2.99. The Labute approximate surface area is 154 Å². The molecule has 2 aromatic rings. The third-order valence-electron chi connectivity index (χ3n) is 3.41. The number of likely N-dealkylation sites (N-methyl/N-ethyl adjacent to an activating group) is 1. The summed E-state index contributed by atoms with van der Waals surface area (Å²) >= 11 is 7.11. The number of carbonyl (C=O) groups excluding carboxylic acids is 2. The van der Waals surface area contributed by atoms with Crippen LogP contribution in [0.2, 0.25) is 5.02 Å². The van der Waals surface area contributed by atoms with Gasteiger partial charge in [-0.15, -0.1) is 10.2 Å². The van der Waals surface area contributed by atoms with Crippen LogP contribution in [-0.2, 0) is 9.59 Å². The van der Waals surface area contributed by atoms with Crippen molar-refractivity contribution in [2.75, 3.05) is 30.0 Å². The van der Waals surface area contributed by atoms with Gasteiger partial charge in [-0.25, -0.2) is 4.68 Å². The lowest BCUT2D eigenvalue weighted by molar-refractivity contribution is -0.132. The number of aromatic nitrogens is 3. The van der Waals surface area contributed by atoms with E-state index >= 15 is 0 Å². The summed E-state index contributed by atoms with van der Waals surface area (Å²) in [5, 5.41) is 11.2. The van der Waals surface area contributed by atoms with E-state index in [4.69, 9.17) is 17.4 Å². The molecule has 0 radical (unpaired) electrons. The van der Waals surface area contributed by atoms with Crippen molar-refractivity contribution < 1.29 is 9.59 Å². The molecule has 3 N–H and O–H groups in total. The van der Waals surface area contributed by atoms with Crippen molar-refractivity contribution in [1.82, 2.24) is 19.8 Å². The zero-order valence-corrected chi connectivity index (χ0v) is 15.5. The Bertz CT molecular complexity index is 766. The first kappa shape index (κ1) is 19.1. The second-order valence-corrected chi connectivity index (χ2v) is 6.60. The van der Waals surface area contributed by atoms with E-state index in [1.54, 1.807) is 12.1 Å². The Morgan fingerprint density at radius 1 is 1.44 bits per heavy atom. The number of aryl methyl sites for hydroxylation is 1. The van der Waals surface area contributed by atoms with Gasteiger partial charge in [-0.05, 0) is 31.5 Å². The van der Waals surface area contributed by atoms with E-state index in [0.717, 1.165) is 17.3 Å². The monoisotopic (exact) mass is 382 g/mol. The lowest BCUT2D eigenvalue weighted by Gasteiger charge is -2.20. The molecular weight excluding hydrogens is 364 g/mol. The normalized spacial score (nSPS) is 10.5. The molecule has 10 heteroatoms. The number of nitrogens with one attached hydrogen (secondary N) is 1. The van der Waals surface area contributed by atoms with Gasteiger partial charge in [0.1, 0.15) is 6.33 Å². The number of rotatable bonds is 7. The minimum Gasteiger partial charge on any atom is -0.336 e. The fourth-order valence-corrected chi connectivity index (χ4v) is 2.93. The molecule has 1 aromatic carbocycles. The summed E-state index contributed by atoms with van der Waals surface area (Å²) < 4.78 is 1.24. The zero-order valence-electron chi connectivity index (χ0n) is 13.9. The molecule has 1 aromatic heterocycles. The van der Waals surface area contributed by atoms with Gasteiger partial charge in [0.2, 0.25) is 17.0 Å². The molecule has 1 heterocycles. The second-order valence-electron chi connectivity index (χ2n) is 5.22. The summed E-state index contributed by atoms with van der Waals surface area (Å²) in [6, 6.07) is 5.25. The van der Waals surface area contributed by atoms with Crippen molar-refractivity contribution >= 4 is 40.9 Å². The largest absolute Gasteiger partial charge is 0.336 e. The highest BCUT2D eigenvalue weighted by Gasteiger charge is 2.17. The number of carbonyl (C=O) groups is 2. The molecule has 134 valence electrons. The van der Waals surface area contributed by atoms with E-state index < -0.39 is 0 Å². The summed E-state index contributed by atoms with van der Waals surface area (Å²) in [4.78, 5) is 26.0. The van der Waals surface area contributed by atoms with Gasteiger partial charge >= 0.3 is 0 Å². The predicted molar refractivity (Wildman–Crippen MR) is 98.0 cm³/mol. The summed E-state index contributed by atoms with van der Waals surface area (Å²) in [5.74, 6) is 5.25. The Balaban J connectivity index is 1.91. The minimum atomic E-state index is -0.285. The Kier molecular flexibility index (Phi) is 6.65. The third-order valence-corrected chi connectivity index (χ3v) is 4.58. The number of hydrogen-bond donors (Lipinski definition) is 2. The van der Waals surface area contributed by atoms with E-state index in [1.807, 2.05) is 19.9 Å². The summed E-state index contributed by atoms with van der Waals surface area (Å²) in [6.45, 7) is 4.05. The molecule has 0 bridgehead atoms. The molecule has 8 nitrogen and oxygen atoms in total. The van der Waals surface area contributed by atoms with E-state index in [0.29, 0.717) is 22.4 Å². The fourth-order valence-electron chi connectivity index (χ4n) is 2.02. The van der Waals surface area contributed by atoms with Crippen LogP contribution >= 0.6 is 23.4 Å². The third kappa shape index (κ3) is 5.36.